The Kier molecular flexibility index (Phi) is 6.75. The van der Waals surface area contributed by atoms with E-state index in [1.54, 1.807) is 12.1 Å². The molecule has 25 heavy (non-hydrogen) atoms. The number of hydrogen-bond donors (Lipinski definition) is 3. The molecule has 0 aromatic heterocycles. The lowest BCUT2D eigenvalue weighted by atomic mass is 10.1. The van der Waals surface area contributed by atoms with Crippen LogP contribution in [-0.4, -0.2) is 22.2 Å². The highest BCUT2D eigenvalue weighted by atomic mass is 16.4. The van der Waals surface area contributed by atoms with Gasteiger partial charge >= 0.3 is 5.97 Å². The van der Waals surface area contributed by atoms with Crippen LogP contribution < -0.4 is 5.73 Å². The van der Waals surface area contributed by atoms with Gasteiger partial charge < -0.3 is 15.9 Å². The Balaban J connectivity index is 0.000000181. The van der Waals surface area contributed by atoms with E-state index in [4.69, 9.17) is 15.9 Å². The van der Waals surface area contributed by atoms with Crippen molar-refractivity contribution in [1.29, 1.82) is 0 Å². The van der Waals surface area contributed by atoms with Gasteiger partial charge in [0, 0.05) is 0 Å². The van der Waals surface area contributed by atoms with Gasteiger partial charge in [0.15, 0.2) is 0 Å². The Morgan fingerprint density at radius 1 is 0.800 bits per heavy atom. The maximum atomic E-state index is 10.4. The minimum atomic E-state index is -1.02. The summed E-state index contributed by atoms with van der Waals surface area (Å²) in [6.45, 7) is 0. The van der Waals surface area contributed by atoms with Crippen LogP contribution in [0.4, 0.5) is 0 Å². The van der Waals surface area contributed by atoms with Crippen molar-refractivity contribution in [2.24, 2.45) is 5.73 Å². The first kappa shape index (κ1) is 18.2. The van der Waals surface area contributed by atoms with E-state index in [0.717, 1.165) is 5.56 Å². The summed E-state index contributed by atoms with van der Waals surface area (Å²) in [5.74, 6) is -0.860. The molecule has 0 bridgehead atoms. The SMILES string of the molecule is N[C@@H](Cc1ccc(O)cc1)C(=O)O.c1ccc(-c2ccccc2)cc1. The minimum Gasteiger partial charge on any atom is -0.508 e. The second-order valence-corrected chi connectivity index (χ2v) is 5.55. The number of benzene rings is 3. The maximum absolute atomic E-state index is 10.4. The second kappa shape index (κ2) is 9.25. The van der Waals surface area contributed by atoms with Gasteiger partial charge in [-0.05, 0) is 35.2 Å². The van der Waals surface area contributed by atoms with Crippen LogP contribution in [0, 0.1) is 0 Å². The summed E-state index contributed by atoms with van der Waals surface area (Å²) in [5, 5.41) is 17.5. The van der Waals surface area contributed by atoms with E-state index in [-0.39, 0.29) is 12.2 Å². The molecule has 0 fully saturated rings. The Labute approximate surface area is 147 Å². The molecule has 3 rings (SSSR count). The molecule has 0 saturated carbocycles. The highest BCUT2D eigenvalue weighted by Crippen LogP contribution is 2.17. The predicted octanol–water partition coefficient (Wildman–Crippen LogP) is 3.70. The van der Waals surface area contributed by atoms with Crippen LogP contribution in [0.3, 0.4) is 0 Å². The molecule has 0 radical (unpaired) electrons. The van der Waals surface area contributed by atoms with Crippen LogP contribution in [-0.2, 0) is 11.2 Å². The Hall–Kier alpha value is -3.11. The van der Waals surface area contributed by atoms with Gasteiger partial charge in [-0.25, -0.2) is 0 Å². The Bertz CT molecular complexity index is 734. The molecular formula is C21H21NO3. The van der Waals surface area contributed by atoms with E-state index in [2.05, 4.69) is 48.5 Å². The van der Waals surface area contributed by atoms with Gasteiger partial charge in [-0.3, -0.25) is 4.79 Å². The van der Waals surface area contributed by atoms with Crippen molar-refractivity contribution < 1.29 is 15.0 Å². The highest BCUT2D eigenvalue weighted by molar-refractivity contribution is 5.73. The van der Waals surface area contributed by atoms with E-state index in [1.807, 2.05) is 12.1 Å². The van der Waals surface area contributed by atoms with Crippen LogP contribution in [0.2, 0.25) is 0 Å². The number of aliphatic carboxylic acids is 1. The number of nitrogens with two attached hydrogens (primary N) is 1. The first-order valence-electron chi connectivity index (χ1n) is 7.93. The molecule has 0 aliphatic heterocycles. The lowest BCUT2D eigenvalue weighted by Crippen LogP contribution is -2.32. The fraction of sp³-hybridized carbons (Fsp3) is 0.0952. The molecule has 0 unspecified atom stereocenters. The van der Waals surface area contributed by atoms with Crippen LogP contribution in [0.5, 0.6) is 5.75 Å². The number of aromatic hydroxyl groups is 1. The number of phenolic OH excluding ortho intramolecular Hbond substituents is 1. The highest BCUT2D eigenvalue weighted by Gasteiger charge is 2.11. The third-order valence-electron chi connectivity index (χ3n) is 3.59. The zero-order valence-electron chi connectivity index (χ0n) is 13.7. The van der Waals surface area contributed by atoms with Crippen molar-refractivity contribution >= 4 is 5.97 Å². The lowest BCUT2D eigenvalue weighted by Gasteiger charge is -2.05. The van der Waals surface area contributed by atoms with Crippen molar-refractivity contribution in [3.8, 4) is 16.9 Å². The topological polar surface area (TPSA) is 83.5 Å². The number of carboxylic acid groups (broad SMARTS) is 1. The van der Waals surface area contributed by atoms with Crippen LogP contribution in [0.25, 0.3) is 11.1 Å². The molecule has 0 saturated heterocycles. The van der Waals surface area contributed by atoms with E-state index in [1.165, 1.54) is 23.3 Å². The molecule has 3 aromatic carbocycles. The predicted molar refractivity (Wildman–Crippen MR) is 99.3 cm³/mol. The quantitative estimate of drug-likeness (QED) is 0.679. The number of hydrogen-bond acceptors (Lipinski definition) is 3. The molecule has 1 atom stereocenters. The van der Waals surface area contributed by atoms with Crippen molar-refractivity contribution in [2.45, 2.75) is 12.5 Å². The molecule has 4 heteroatoms. The van der Waals surface area contributed by atoms with Crippen LogP contribution in [0.15, 0.2) is 84.9 Å². The van der Waals surface area contributed by atoms with Crippen molar-refractivity contribution in [1.82, 2.24) is 0 Å². The molecule has 0 spiro atoms. The van der Waals surface area contributed by atoms with Gasteiger partial charge in [-0.2, -0.15) is 0 Å². The number of carboxylic acids is 1. The normalized spacial score (nSPS) is 11.1. The summed E-state index contributed by atoms with van der Waals surface area (Å²) in [5.41, 5.74) is 8.68. The first-order valence-corrected chi connectivity index (χ1v) is 7.93. The molecule has 4 nitrogen and oxygen atoms in total. The molecule has 3 aromatic rings. The number of rotatable bonds is 4. The molecule has 0 amide bonds. The van der Waals surface area contributed by atoms with Crippen LogP contribution >= 0.6 is 0 Å². The van der Waals surface area contributed by atoms with Crippen molar-refractivity contribution in [3.05, 3.63) is 90.5 Å². The average molecular weight is 335 g/mol. The third kappa shape index (κ3) is 6.12. The Morgan fingerprint density at radius 3 is 1.64 bits per heavy atom. The fourth-order valence-corrected chi connectivity index (χ4v) is 2.23. The van der Waals surface area contributed by atoms with Gasteiger partial charge in [-0.15, -0.1) is 0 Å². The van der Waals surface area contributed by atoms with Gasteiger partial charge in [0.2, 0.25) is 0 Å². The smallest absolute Gasteiger partial charge is 0.320 e. The van der Waals surface area contributed by atoms with Crippen LogP contribution in [0.1, 0.15) is 5.56 Å². The van der Waals surface area contributed by atoms with Crippen molar-refractivity contribution in [3.63, 3.8) is 0 Å². The summed E-state index contributed by atoms with van der Waals surface area (Å²) in [4.78, 5) is 10.4. The van der Waals surface area contributed by atoms with E-state index < -0.39 is 12.0 Å². The van der Waals surface area contributed by atoms with Gasteiger partial charge in [-0.1, -0.05) is 72.8 Å². The summed E-state index contributed by atoms with van der Waals surface area (Å²) in [6, 6.07) is 26.2. The van der Waals surface area contributed by atoms with Gasteiger partial charge in [0.25, 0.3) is 0 Å². The maximum Gasteiger partial charge on any atom is 0.320 e. The van der Waals surface area contributed by atoms with Crippen molar-refractivity contribution in [2.75, 3.05) is 0 Å². The largest absolute Gasteiger partial charge is 0.508 e. The lowest BCUT2D eigenvalue weighted by molar-refractivity contribution is -0.138. The summed E-state index contributed by atoms with van der Waals surface area (Å²) in [7, 11) is 0. The van der Waals surface area contributed by atoms with E-state index in [0.29, 0.717) is 0 Å². The van der Waals surface area contributed by atoms with Gasteiger partial charge in [0.05, 0.1) is 0 Å². The summed E-state index contributed by atoms with van der Waals surface area (Å²) in [6.07, 6.45) is 0.273. The average Bonchev–Trinajstić information content (AvgIpc) is 2.65. The molecular weight excluding hydrogens is 314 g/mol. The summed E-state index contributed by atoms with van der Waals surface area (Å²) < 4.78 is 0. The van der Waals surface area contributed by atoms with Gasteiger partial charge in [0.1, 0.15) is 11.8 Å². The molecule has 0 heterocycles. The standard InChI is InChI=1S/C12H10.C9H11NO3/c1-3-7-11(8-4-1)12-9-5-2-6-10-12;10-8(9(12)13)5-6-1-3-7(11)4-2-6/h1-10H;1-4,8,11H,5,10H2,(H,12,13)/t;8-/m.0/s1. The summed E-state index contributed by atoms with van der Waals surface area (Å²) >= 11 is 0. The van der Waals surface area contributed by atoms with E-state index in [9.17, 15) is 4.79 Å². The first-order chi connectivity index (χ1) is 12.1. The van der Waals surface area contributed by atoms with E-state index >= 15 is 0 Å². The Morgan fingerprint density at radius 2 is 1.24 bits per heavy atom. The number of carbonyl (C=O) groups is 1. The molecule has 4 N–H and O–H groups in total. The number of phenols is 1. The third-order valence-corrected chi connectivity index (χ3v) is 3.59. The molecule has 128 valence electrons. The molecule has 0 aliphatic rings. The zero-order valence-corrected chi connectivity index (χ0v) is 13.7. The monoisotopic (exact) mass is 335 g/mol. The zero-order chi connectivity index (χ0) is 18.1. The fourth-order valence-electron chi connectivity index (χ4n) is 2.23. The minimum absolute atomic E-state index is 0.160. The second-order valence-electron chi connectivity index (χ2n) is 5.55. The molecule has 0 aliphatic carbocycles.